The van der Waals surface area contributed by atoms with E-state index in [0.717, 1.165) is 11.5 Å². The maximum Gasteiger partial charge on any atom is 0.224 e. The summed E-state index contributed by atoms with van der Waals surface area (Å²) >= 11 is 0. The second-order valence-electron chi connectivity index (χ2n) is 5.70. The van der Waals surface area contributed by atoms with E-state index >= 15 is 0 Å². The molecule has 0 aromatic heterocycles. The first-order valence-corrected chi connectivity index (χ1v) is 9.12. The van der Waals surface area contributed by atoms with Crippen molar-refractivity contribution in [2.24, 2.45) is 0 Å². The summed E-state index contributed by atoms with van der Waals surface area (Å²) in [4.78, 5) is 12.3. The summed E-state index contributed by atoms with van der Waals surface area (Å²) in [6.07, 6.45) is 0.952. The first kappa shape index (κ1) is 20.4. The normalized spacial score (nSPS) is 10.2. The van der Waals surface area contributed by atoms with Gasteiger partial charge >= 0.3 is 0 Å². The molecule has 6 nitrogen and oxygen atoms in total. The van der Waals surface area contributed by atoms with Crippen LogP contribution in [0.2, 0.25) is 0 Å². The highest BCUT2D eigenvalue weighted by Gasteiger charge is 2.10. The fourth-order valence-corrected chi connectivity index (χ4v) is 2.45. The van der Waals surface area contributed by atoms with Gasteiger partial charge in [0.25, 0.3) is 0 Å². The molecule has 0 aliphatic rings. The van der Waals surface area contributed by atoms with Crippen LogP contribution in [0.4, 0.5) is 5.69 Å². The van der Waals surface area contributed by atoms with Gasteiger partial charge in [0.1, 0.15) is 23.0 Å². The molecular formula is C21H27NO5. The van der Waals surface area contributed by atoms with Crippen molar-refractivity contribution in [2.45, 2.75) is 26.7 Å². The number of carbonyl (C=O) groups excluding carboxylic acids is 1. The summed E-state index contributed by atoms with van der Waals surface area (Å²) in [5, 5.41) is 2.89. The highest BCUT2D eigenvalue weighted by atomic mass is 16.5. The molecule has 2 aromatic rings. The van der Waals surface area contributed by atoms with Crippen molar-refractivity contribution < 1.29 is 23.7 Å². The largest absolute Gasteiger partial charge is 0.497 e. The Bertz CT molecular complexity index is 715. The number of hydrogen-bond acceptors (Lipinski definition) is 5. The first-order valence-electron chi connectivity index (χ1n) is 9.12. The van der Waals surface area contributed by atoms with Crippen LogP contribution in [0, 0.1) is 0 Å². The fraction of sp³-hybridized carbons (Fsp3) is 0.381. The Morgan fingerprint density at radius 1 is 0.889 bits per heavy atom. The average molecular weight is 373 g/mol. The number of amides is 1. The molecule has 6 heteroatoms. The van der Waals surface area contributed by atoms with Crippen molar-refractivity contribution in [2.75, 3.05) is 32.2 Å². The molecule has 1 N–H and O–H groups in total. The zero-order chi connectivity index (χ0) is 19.5. The number of carbonyl (C=O) groups is 1. The topological polar surface area (TPSA) is 66.0 Å². The quantitative estimate of drug-likeness (QED) is 0.595. The van der Waals surface area contributed by atoms with Crippen LogP contribution >= 0.6 is 0 Å². The Hall–Kier alpha value is -2.89. The van der Waals surface area contributed by atoms with Crippen molar-refractivity contribution in [1.82, 2.24) is 0 Å². The lowest BCUT2D eigenvalue weighted by Gasteiger charge is -2.13. The van der Waals surface area contributed by atoms with Gasteiger partial charge in [0, 0.05) is 12.5 Å². The maximum absolute atomic E-state index is 12.3. The standard InChI is InChI=1S/C21H27NO5/c1-4-25-18-12-13-20(26-5-2)19(15-18)22-21(23)7-6-14-27-17-10-8-16(24-3)9-11-17/h8-13,15H,4-7,14H2,1-3H3,(H,22,23). The predicted molar refractivity (Wildman–Crippen MR) is 105 cm³/mol. The Balaban J connectivity index is 1.82. The Labute approximate surface area is 160 Å². The molecule has 0 unspecified atom stereocenters. The number of nitrogens with one attached hydrogen (secondary N) is 1. The van der Waals surface area contributed by atoms with Crippen LogP contribution in [-0.2, 0) is 4.79 Å². The van der Waals surface area contributed by atoms with Gasteiger partial charge in [0.15, 0.2) is 0 Å². The van der Waals surface area contributed by atoms with Crippen molar-refractivity contribution in [3.63, 3.8) is 0 Å². The summed E-state index contributed by atoms with van der Waals surface area (Å²) in [5.74, 6) is 2.76. The monoisotopic (exact) mass is 373 g/mol. The van der Waals surface area contributed by atoms with Crippen molar-refractivity contribution in [3.05, 3.63) is 42.5 Å². The molecule has 0 atom stereocenters. The van der Waals surface area contributed by atoms with Crippen molar-refractivity contribution in [3.8, 4) is 23.0 Å². The van der Waals surface area contributed by atoms with Gasteiger partial charge < -0.3 is 24.3 Å². The van der Waals surface area contributed by atoms with Crippen LogP contribution in [0.1, 0.15) is 26.7 Å². The van der Waals surface area contributed by atoms with Crippen LogP contribution in [0.25, 0.3) is 0 Å². The molecule has 0 aliphatic carbocycles. The van der Waals surface area contributed by atoms with Gasteiger partial charge in [-0.1, -0.05) is 0 Å². The first-order chi connectivity index (χ1) is 13.2. The minimum Gasteiger partial charge on any atom is -0.497 e. The van der Waals surface area contributed by atoms with E-state index in [4.69, 9.17) is 18.9 Å². The molecule has 0 radical (unpaired) electrons. The minimum absolute atomic E-state index is 0.0945. The third kappa shape index (κ3) is 6.73. The third-order valence-corrected chi connectivity index (χ3v) is 3.71. The summed E-state index contributed by atoms with van der Waals surface area (Å²) in [7, 11) is 1.62. The molecule has 0 saturated carbocycles. The molecule has 0 bridgehead atoms. The van der Waals surface area contributed by atoms with Crippen molar-refractivity contribution >= 4 is 11.6 Å². The van der Waals surface area contributed by atoms with Crippen LogP contribution in [-0.4, -0.2) is 32.8 Å². The third-order valence-electron chi connectivity index (χ3n) is 3.71. The van der Waals surface area contributed by atoms with Gasteiger partial charge in [-0.3, -0.25) is 4.79 Å². The van der Waals surface area contributed by atoms with Crippen LogP contribution in [0.15, 0.2) is 42.5 Å². The second-order valence-corrected chi connectivity index (χ2v) is 5.70. The minimum atomic E-state index is -0.0945. The number of methoxy groups -OCH3 is 1. The zero-order valence-corrected chi connectivity index (χ0v) is 16.1. The van der Waals surface area contributed by atoms with E-state index in [-0.39, 0.29) is 5.91 Å². The molecule has 27 heavy (non-hydrogen) atoms. The summed E-state index contributed by atoms with van der Waals surface area (Å²) in [6, 6.07) is 12.8. The molecule has 146 valence electrons. The molecule has 2 rings (SSSR count). The molecule has 0 fully saturated rings. The van der Waals surface area contributed by atoms with E-state index in [1.807, 2.05) is 44.2 Å². The van der Waals surface area contributed by atoms with E-state index in [1.165, 1.54) is 0 Å². The lowest BCUT2D eigenvalue weighted by molar-refractivity contribution is -0.116. The number of ether oxygens (including phenoxy) is 4. The second kappa shape index (κ2) is 11.0. The van der Waals surface area contributed by atoms with Gasteiger partial charge in [-0.25, -0.2) is 0 Å². The molecule has 0 spiro atoms. The molecule has 0 heterocycles. The highest BCUT2D eigenvalue weighted by Crippen LogP contribution is 2.29. The lowest BCUT2D eigenvalue weighted by Crippen LogP contribution is -2.14. The molecule has 1 amide bonds. The van der Waals surface area contributed by atoms with Gasteiger partial charge in [0.2, 0.25) is 5.91 Å². The number of rotatable bonds is 11. The molecule has 2 aromatic carbocycles. The Morgan fingerprint density at radius 2 is 1.56 bits per heavy atom. The number of anilines is 1. The Morgan fingerprint density at radius 3 is 2.22 bits per heavy atom. The smallest absolute Gasteiger partial charge is 0.224 e. The number of hydrogen-bond donors (Lipinski definition) is 1. The van der Waals surface area contributed by atoms with E-state index in [2.05, 4.69) is 5.32 Å². The van der Waals surface area contributed by atoms with E-state index < -0.39 is 0 Å². The average Bonchev–Trinajstić information content (AvgIpc) is 2.68. The fourth-order valence-electron chi connectivity index (χ4n) is 2.45. The van der Waals surface area contributed by atoms with Crippen LogP contribution < -0.4 is 24.3 Å². The SMILES string of the molecule is CCOc1ccc(OCC)c(NC(=O)CCCOc2ccc(OC)cc2)c1. The molecule has 0 aliphatic heterocycles. The van der Waals surface area contributed by atoms with Gasteiger partial charge in [-0.2, -0.15) is 0 Å². The van der Waals surface area contributed by atoms with E-state index in [0.29, 0.717) is 49.8 Å². The zero-order valence-electron chi connectivity index (χ0n) is 16.1. The lowest BCUT2D eigenvalue weighted by atomic mass is 10.2. The summed E-state index contributed by atoms with van der Waals surface area (Å²) in [5.41, 5.74) is 0.615. The van der Waals surface area contributed by atoms with Gasteiger partial charge in [-0.15, -0.1) is 0 Å². The highest BCUT2D eigenvalue weighted by molar-refractivity contribution is 5.92. The van der Waals surface area contributed by atoms with Gasteiger partial charge in [0.05, 0.1) is 32.6 Å². The molecular weight excluding hydrogens is 346 g/mol. The van der Waals surface area contributed by atoms with Gasteiger partial charge in [-0.05, 0) is 56.7 Å². The maximum atomic E-state index is 12.3. The van der Waals surface area contributed by atoms with Crippen LogP contribution in [0.5, 0.6) is 23.0 Å². The predicted octanol–water partition coefficient (Wildman–Crippen LogP) is 4.29. The number of benzene rings is 2. The Kier molecular flexibility index (Phi) is 8.29. The van der Waals surface area contributed by atoms with Crippen LogP contribution in [0.3, 0.4) is 0 Å². The van der Waals surface area contributed by atoms with E-state index in [1.54, 1.807) is 19.2 Å². The summed E-state index contributed by atoms with van der Waals surface area (Å²) < 4.78 is 21.8. The molecule has 0 saturated heterocycles. The summed E-state index contributed by atoms with van der Waals surface area (Å²) in [6.45, 7) is 5.35. The van der Waals surface area contributed by atoms with E-state index in [9.17, 15) is 4.79 Å². The van der Waals surface area contributed by atoms with Crippen molar-refractivity contribution in [1.29, 1.82) is 0 Å².